The number of hydrogen-bond acceptors (Lipinski definition) is 3. The fourth-order valence-electron chi connectivity index (χ4n) is 2.73. The van der Waals surface area contributed by atoms with Gasteiger partial charge in [-0.2, -0.15) is 0 Å². The maximum atomic E-state index is 4.42. The fourth-order valence-corrected chi connectivity index (χ4v) is 2.94. The zero-order chi connectivity index (χ0) is 12.3. The van der Waals surface area contributed by atoms with E-state index < -0.39 is 0 Å². The van der Waals surface area contributed by atoms with Crippen molar-refractivity contribution >= 4 is 21.9 Å². The van der Waals surface area contributed by atoms with Gasteiger partial charge in [-0.05, 0) is 41.1 Å². The summed E-state index contributed by atoms with van der Waals surface area (Å²) in [5, 5.41) is 0. The molecule has 2 heterocycles. The molecule has 1 saturated heterocycles. The van der Waals surface area contributed by atoms with Gasteiger partial charge in [-0.3, -0.25) is 0 Å². The van der Waals surface area contributed by atoms with E-state index in [9.17, 15) is 0 Å². The molecule has 0 bridgehead atoms. The van der Waals surface area contributed by atoms with Gasteiger partial charge in [0.2, 0.25) is 5.95 Å². The van der Waals surface area contributed by atoms with Crippen LogP contribution < -0.4 is 4.90 Å². The van der Waals surface area contributed by atoms with Crippen molar-refractivity contribution in [2.24, 2.45) is 5.92 Å². The van der Waals surface area contributed by atoms with Crippen LogP contribution >= 0.6 is 15.9 Å². The van der Waals surface area contributed by atoms with Crippen molar-refractivity contribution in [2.75, 3.05) is 11.4 Å². The van der Waals surface area contributed by atoms with E-state index in [0.717, 1.165) is 22.9 Å². The Labute approximate surface area is 112 Å². The number of halogens is 1. The molecule has 2 rings (SSSR count). The lowest BCUT2D eigenvalue weighted by molar-refractivity contribution is 0.418. The predicted octanol–water partition coefficient (Wildman–Crippen LogP) is 3.64. The Balaban J connectivity index is 2.11. The lowest BCUT2D eigenvalue weighted by Gasteiger charge is -2.29. The first-order valence-corrected chi connectivity index (χ1v) is 7.26. The summed E-state index contributed by atoms with van der Waals surface area (Å²) in [5.41, 5.74) is 0. The number of rotatable bonds is 4. The molecule has 1 aromatic heterocycles. The predicted molar refractivity (Wildman–Crippen MR) is 74.2 cm³/mol. The molecule has 0 saturated carbocycles. The van der Waals surface area contributed by atoms with Crippen molar-refractivity contribution in [1.29, 1.82) is 0 Å². The lowest BCUT2D eigenvalue weighted by atomic mass is 9.95. The van der Waals surface area contributed by atoms with Crippen LogP contribution in [-0.4, -0.2) is 22.6 Å². The summed E-state index contributed by atoms with van der Waals surface area (Å²) < 4.78 is 0.943. The molecule has 2 atom stereocenters. The number of hydrogen-bond donors (Lipinski definition) is 0. The normalized spacial score (nSPS) is 21.8. The van der Waals surface area contributed by atoms with Crippen LogP contribution in [0.15, 0.2) is 16.9 Å². The monoisotopic (exact) mass is 297 g/mol. The SMILES string of the molecule is CCCC(C)C1CCCN1c1ncc(Br)cn1. The van der Waals surface area contributed by atoms with Crippen LogP contribution in [0.4, 0.5) is 5.95 Å². The van der Waals surface area contributed by atoms with Crippen LogP contribution in [0.3, 0.4) is 0 Å². The van der Waals surface area contributed by atoms with Crippen LogP contribution in [0.25, 0.3) is 0 Å². The zero-order valence-corrected chi connectivity index (χ0v) is 12.2. The van der Waals surface area contributed by atoms with Gasteiger partial charge in [0, 0.05) is 25.0 Å². The molecule has 1 aliphatic heterocycles. The highest BCUT2D eigenvalue weighted by atomic mass is 79.9. The third-order valence-corrected chi connectivity index (χ3v) is 3.97. The van der Waals surface area contributed by atoms with E-state index in [1.807, 2.05) is 12.4 Å². The molecule has 17 heavy (non-hydrogen) atoms. The summed E-state index contributed by atoms with van der Waals surface area (Å²) in [5.74, 6) is 1.62. The van der Waals surface area contributed by atoms with Crippen molar-refractivity contribution < 1.29 is 0 Å². The molecule has 1 aliphatic rings. The Hall–Kier alpha value is -0.640. The van der Waals surface area contributed by atoms with Gasteiger partial charge in [0.15, 0.2) is 0 Å². The summed E-state index contributed by atoms with van der Waals surface area (Å²) in [6.07, 6.45) is 8.76. The first-order valence-electron chi connectivity index (χ1n) is 6.46. The van der Waals surface area contributed by atoms with E-state index in [1.165, 1.54) is 25.7 Å². The van der Waals surface area contributed by atoms with Crippen molar-refractivity contribution in [2.45, 2.75) is 45.6 Å². The molecular formula is C13H20BrN3. The van der Waals surface area contributed by atoms with E-state index in [1.54, 1.807) is 0 Å². The molecule has 4 heteroatoms. The number of nitrogens with zero attached hydrogens (tertiary/aromatic N) is 3. The number of anilines is 1. The third-order valence-electron chi connectivity index (χ3n) is 3.56. The first kappa shape index (κ1) is 12.8. The minimum absolute atomic E-state index is 0.621. The third kappa shape index (κ3) is 2.97. The van der Waals surface area contributed by atoms with Gasteiger partial charge in [0.1, 0.15) is 0 Å². The van der Waals surface area contributed by atoms with E-state index in [4.69, 9.17) is 0 Å². The molecular weight excluding hydrogens is 278 g/mol. The highest BCUT2D eigenvalue weighted by Crippen LogP contribution is 2.29. The van der Waals surface area contributed by atoms with Crippen LogP contribution in [0.1, 0.15) is 39.5 Å². The lowest BCUT2D eigenvalue weighted by Crippen LogP contribution is -2.35. The minimum Gasteiger partial charge on any atom is -0.338 e. The molecule has 1 aromatic rings. The summed E-state index contributed by atoms with van der Waals surface area (Å²) >= 11 is 3.38. The van der Waals surface area contributed by atoms with Gasteiger partial charge in [-0.25, -0.2) is 9.97 Å². The molecule has 0 spiro atoms. The zero-order valence-electron chi connectivity index (χ0n) is 10.6. The summed E-state index contributed by atoms with van der Waals surface area (Å²) in [6.45, 7) is 5.71. The number of aromatic nitrogens is 2. The van der Waals surface area contributed by atoms with Crippen molar-refractivity contribution in [3.8, 4) is 0 Å². The molecule has 0 amide bonds. The second-order valence-corrected chi connectivity index (χ2v) is 5.79. The smallest absolute Gasteiger partial charge is 0.225 e. The van der Waals surface area contributed by atoms with Gasteiger partial charge in [0.05, 0.1) is 4.47 Å². The van der Waals surface area contributed by atoms with Gasteiger partial charge in [-0.15, -0.1) is 0 Å². The Morgan fingerprint density at radius 2 is 2.18 bits per heavy atom. The largest absolute Gasteiger partial charge is 0.338 e. The van der Waals surface area contributed by atoms with Crippen molar-refractivity contribution in [3.05, 3.63) is 16.9 Å². The van der Waals surface area contributed by atoms with E-state index in [-0.39, 0.29) is 0 Å². The van der Waals surface area contributed by atoms with Gasteiger partial charge in [0.25, 0.3) is 0 Å². The second kappa shape index (κ2) is 5.80. The van der Waals surface area contributed by atoms with Gasteiger partial charge >= 0.3 is 0 Å². The van der Waals surface area contributed by atoms with Gasteiger partial charge < -0.3 is 4.90 Å². The highest BCUT2D eigenvalue weighted by molar-refractivity contribution is 9.10. The van der Waals surface area contributed by atoms with E-state index in [2.05, 4.69) is 44.6 Å². The average molecular weight is 298 g/mol. The summed E-state index contributed by atoms with van der Waals surface area (Å²) in [6, 6.07) is 0.621. The fraction of sp³-hybridized carbons (Fsp3) is 0.692. The Bertz CT molecular complexity index is 352. The Morgan fingerprint density at radius 1 is 1.47 bits per heavy atom. The summed E-state index contributed by atoms with van der Waals surface area (Å²) in [7, 11) is 0. The van der Waals surface area contributed by atoms with Crippen molar-refractivity contribution in [1.82, 2.24) is 9.97 Å². The first-order chi connectivity index (χ1) is 8.22. The highest BCUT2D eigenvalue weighted by Gasteiger charge is 2.30. The summed E-state index contributed by atoms with van der Waals surface area (Å²) in [4.78, 5) is 11.2. The molecule has 0 radical (unpaired) electrons. The Morgan fingerprint density at radius 3 is 2.82 bits per heavy atom. The molecule has 0 aromatic carbocycles. The van der Waals surface area contributed by atoms with Crippen LogP contribution in [0.2, 0.25) is 0 Å². The Kier molecular flexibility index (Phi) is 4.37. The molecule has 94 valence electrons. The molecule has 1 fully saturated rings. The molecule has 3 nitrogen and oxygen atoms in total. The van der Waals surface area contributed by atoms with Gasteiger partial charge in [-0.1, -0.05) is 20.3 Å². The van der Waals surface area contributed by atoms with Crippen LogP contribution in [0, 0.1) is 5.92 Å². The van der Waals surface area contributed by atoms with E-state index in [0.29, 0.717) is 6.04 Å². The van der Waals surface area contributed by atoms with Crippen LogP contribution in [0.5, 0.6) is 0 Å². The topological polar surface area (TPSA) is 29.0 Å². The van der Waals surface area contributed by atoms with E-state index >= 15 is 0 Å². The second-order valence-electron chi connectivity index (χ2n) is 4.87. The average Bonchev–Trinajstić information content (AvgIpc) is 2.79. The molecule has 2 unspecified atom stereocenters. The minimum atomic E-state index is 0.621. The molecule has 0 N–H and O–H groups in total. The maximum absolute atomic E-state index is 4.42. The standard InChI is InChI=1S/C13H20BrN3/c1-3-5-10(2)12-6-4-7-17(12)13-15-8-11(14)9-16-13/h8-10,12H,3-7H2,1-2H3. The quantitative estimate of drug-likeness (QED) is 0.849. The maximum Gasteiger partial charge on any atom is 0.225 e. The van der Waals surface area contributed by atoms with Crippen molar-refractivity contribution in [3.63, 3.8) is 0 Å². The van der Waals surface area contributed by atoms with Crippen LogP contribution in [-0.2, 0) is 0 Å². The molecule has 0 aliphatic carbocycles.